The largest absolute Gasteiger partial charge is 0.305 e. The van der Waals surface area contributed by atoms with E-state index in [2.05, 4.69) is 18.3 Å². The van der Waals surface area contributed by atoms with Gasteiger partial charge in [0.2, 0.25) is 0 Å². The van der Waals surface area contributed by atoms with Crippen LogP contribution >= 0.6 is 11.3 Å². The summed E-state index contributed by atoms with van der Waals surface area (Å²) in [5.74, 6) is 0. The Morgan fingerprint density at radius 3 is 2.89 bits per heavy atom. The van der Waals surface area contributed by atoms with Gasteiger partial charge in [-0.05, 0) is 23.9 Å². The zero-order chi connectivity index (χ0) is 13.0. The highest BCUT2D eigenvalue weighted by Gasteiger charge is 2.08. The average Bonchev–Trinajstić information content (AvgIpc) is 2.90. The van der Waals surface area contributed by atoms with Crippen molar-refractivity contribution in [1.29, 1.82) is 0 Å². The Hall–Kier alpha value is -1.72. The van der Waals surface area contributed by atoms with Gasteiger partial charge < -0.3 is 5.32 Å². The van der Waals surface area contributed by atoms with E-state index in [1.54, 1.807) is 23.5 Å². The van der Waals surface area contributed by atoms with Gasteiger partial charge in [0.05, 0.1) is 4.92 Å². The molecule has 2 aromatic rings. The first-order valence-electron chi connectivity index (χ1n) is 5.67. The molecule has 18 heavy (non-hydrogen) atoms. The van der Waals surface area contributed by atoms with Gasteiger partial charge in [-0.2, -0.15) is 0 Å². The maximum Gasteiger partial charge on any atom is 0.269 e. The summed E-state index contributed by atoms with van der Waals surface area (Å²) in [6.07, 6.45) is 0. The number of nitrogens with one attached hydrogen (secondary N) is 1. The van der Waals surface area contributed by atoms with Gasteiger partial charge in [-0.25, -0.2) is 0 Å². The number of hydrogen-bond acceptors (Lipinski definition) is 4. The van der Waals surface area contributed by atoms with E-state index in [0.29, 0.717) is 6.54 Å². The van der Waals surface area contributed by atoms with Crippen molar-refractivity contribution in [3.05, 3.63) is 62.3 Å². The van der Waals surface area contributed by atoms with Crippen molar-refractivity contribution >= 4 is 17.0 Å². The second-order valence-corrected chi connectivity index (χ2v) is 5.02. The van der Waals surface area contributed by atoms with Crippen LogP contribution in [-0.4, -0.2) is 4.92 Å². The summed E-state index contributed by atoms with van der Waals surface area (Å²) < 4.78 is 0. The first kappa shape index (κ1) is 12.7. The van der Waals surface area contributed by atoms with Crippen LogP contribution in [0.25, 0.3) is 0 Å². The maximum absolute atomic E-state index is 10.7. The molecule has 0 amide bonds. The molecule has 5 heteroatoms. The minimum Gasteiger partial charge on any atom is -0.305 e. The van der Waals surface area contributed by atoms with Gasteiger partial charge in [-0.15, -0.1) is 11.3 Å². The van der Waals surface area contributed by atoms with Crippen molar-refractivity contribution in [2.75, 3.05) is 0 Å². The number of benzene rings is 1. The molecule has 1 aromatic heterocycles. The molecule has 1 atom stereocenters. The van der Waals surface area contributed by atoms with E-state index in [4.69, 9.17) is 0 Å². The predicted molar refractivity (Wildman–Crippen MR) is 72.7 cm³/mol. The number of nitro benzene ring substituents is 1. The summed E-state index contributed by atoms with van der Waals surface area (Å²) in [6, 6.07) is 11.1. The molecular weight excluding hydrogens is 248 g/mol. The predicted octanol–water partition coefficient (Wildman–Crippen LogP) is 3.51. The van der Waals surface area contributed by atoms with Crippen LogP contribution in [0.3, 0.4) is 0 Å². The molecule has 0 spiro atoms. The van der Waals surface area contributed by atoms with Crippen molar-refractivity contribution in [3.63, 3.8) is 0 Å². The summed E-state index contributed by atoms with van der Waals surface area (Å²) in [5.41, 5.74) is 1.06. The summed E-state index contributed by atoms with van der Waals surface area (Å²) in [5, 5.41) is 16.1. The lowest BCUT2D eigenvalue weighted by Gasteiger charge is -2.11. The first-order valence-corrected chi connectivity index (χ1v) is 6.55. The van der Waals surface area contributed by atoms with Gasteiger partial charge in [0.1, 0.15) is 0 Å². The monoisotopic (exact) mass is 262 g/mol. The van der Waals surface area contributed by atoms with Crippen LogP contribution in [0.15, 0.2) is 41.8 Å². The first-order chi connectivity index (χ1) is 8.66. The van der Waals surface area contributed by atoms with Gasteiger partial charge in [0.25, 0.3) is 5.69 Å². The number of rotatable bonds is 5. The van der Waals surface area contributed by atoms with Crippen LogP contribution < -0.4 is 5.32 Å². The second-order valence-electron chi connectivity index (χ2n) is 4.05. The standard InChI is InChI=1S/C13H14N2O2S/c1-10(13-6-3-7-18-13)14-9-11-4-2-5-12(8-11)15(16)17/h2-8,10,14H,9H2,1H3/t10-/m1/s1. The van der Waals surface area contributed by atoms with E-state index < -0.39 is 0 Å². The fourth-order valence-corrected chi connectivity index (χ4v) is 2.45. The molecule has 1 N–H and O–H groups in total. The van der Waals surface area contributed by atoms with Crippen molar-refractivity contribution in [2.24, 2.45) is 0 Å². The molecular formula is C13H14N2O2S. The highest BCUT2D eigenvalue weighted by atomic mass is 32.1. The van der Waals surface area contributed by atoms with E-state index in [1.165, 1.54) is 10.9 Å². The summed E-state index contributed by atoms with van der Waals surface area (Å²) >= 11 is 1.70. The molecule has 1 heterocycles. The summed E-state index contributed by atoms with van der Waals surface area (Å²) in [4.78, 5) is 11.6. The Kier molecular flexibility index (Phi) is 4.07. The van der Waals surface area contributed by atoms with Gasteiger partial charge in [-0.1, -0.05) is 18.2 Å². The molecule has 0 bridgehead atoms. The van der Waals surface area contributed by atoms with E-state index in [9.17, 15) is 10.1 Å². The van der Waals surface area contributed by atoms with Crippen LogP contribution in [0.5, 0.6) is 0 Å². The van der Waals surface area contributed by atoms with Crippen molar-refractivity contribution in [2.45, 2.75) is 19.5 Å². The summed E-state index contributed by atoms with van der Waals surface area (Å²) in [7, 11) is 0. The van der Waals surface area contributed by atoms with E-state index in [0.717, 1.165) is 5.56 Å². The number of nitro groups is 1. The van der Waals surface area contributed by atoms with Gasteiger partial charge in [0, 0.05) is 29.6 Å². The molecule has 94 valence electrons. The van der Waals surface area contributed by atoms with Crippen molar-refractivity contribution < 1.29 is 4.92 Å². The Balaban J connectivity index is 1.98. The van der Waals surface area contributed by atoms with E-state index in [1.807, 2.05) is 17.5 Å². The Morgan fingerprint density at radius 1 is 1.39 bits per heavy atom. The van der Waals surface area contributed by atoms with Crippen molar-refractivity contribution in [3.8, 4) is 0 Å². The lowest BCUT2D eigenvalue weighted by atomic mass is 10.2. The van der Waals surface area contributed by atoms with Crippen molar-refractivity contribution in [1.82, 2.24) is 5.32 Å². The average molecular weight is 262 g/mol. The van der Waals surface area contributed by atoms with Crippen LogP contribution in [0.1, 0.15) is 23.4 Å². The fraction of sp³-hybridized carbons (Fsp3) is 0.231. The highest BCUT2D eigenvalue weighted by molar-refractivity contribution is 7.10. The smallest absolute Gasteiger partial charge is 0.269 e. The normalized spacial score (nSPS) is 12.3. The molecule has 0 saturated carbocycles. The number of non-ortho nitro benzene ring substituents is 1. The fourth-order valence-electron chi connectivity index (χ4n) is 1.69. The van der Waals surface area contributed by atoms with Crippen LogP contribution in [0.2, 0.25) is 0 Å². The van der Waals surface area contributed by atoms with E-state index >= 15 is 0 Å². The second kappa shape index (κ2) is 5.75. The number of thiophene rings is 1. The quantitative estimate of drug-likeness (QED) is 0.662. The minimum absolute atomic E-state index is 0.137. The molecule has 0 aliphatic carbocycles. The summed E-state index contributed by atoms with van der Waals surface area (Å²) in [6.45, 7) is 2.71. The molecule has 2 rings (SSSR count). The highest BCUT2D eigenvalue weighted by Crippen LogP contribution is 2.19. The Bertz CT molecular complexity index is 526. The van der Waals surface area contributed by atoms with Crippen LogP contribution in [-0.2, 0) is 6.54 Å². The lowest BCUT2D eigenvalue weighted by molar-refractivity contribution is -0.384. The third-order valence-corrected chi connectivity index (χ3v) is 3.76. The van der Waals surface area contributed by atoms with Crippen LogP contribution in [0, 0.1) is 10.1 Å². The van der Waals surface area contributed by atoms with Gasteiger partial charge in [0.15, 0.2) is 0 Å². The molecule has 0 saturated heterocycles. The SMILES string of the molecule is C[C@@H](NCc1cccc([N+](=O)[O-])c1)c1cccs1. The third-order valence-electron chi connectivity index (χ3n) is 2.70. The number of hydrogen-bond donors (Lipinski definition) is 1. The lowest BCUT2D eigenvalue weighted by Crippen LogP contribution is -2.17. The Labute approximate surface area is 109 Å². The molecule has 0 aliphatic heterocycles. The maximum atomic E-state index is 10.7. The zero-order valence-electron chi connectivity index (χ0n) is 10.00. The molecule has 4 nitrogen and oxygen atoms in total. The van der Waals surface area contributed by atoms with E-state index in [-0.39, 0.29) is 16.7 Å². The molecule has 0 radical (unpaired) electrons. The molecule has 0 aliphatic rings. The molecule has 1 aromatic carbocycles. The zero-order valence-corrected chi connectivity index (χ0v) is 10.8. The third kappa shape index (κ3) is 3.15. The van der Waals surface area contributed by atoms with Crippen LogP contribution in [0.4, 0.5) is 5.69 Å². The molecule has 0 fully saturated rings. The minimum atomic E-state index is -0.369. The molecule has 0 unspecified atom stereocenters. The number of nitrogens with zero attached hydrogens (tertiary/aromatic N) is 1. The Morgan fingerprint density at radius 2 is 2.22 bits per heavy atom. The van der Waals surface area contributed by atoms with Gasteiger partial charge in [-0.3, -0.25) is 10.1 Å². The van der Waals surface area contributed by atoms with Gasteiger partial charge >= 0.3 is 0 Å². The topological polar surface area (TPSA) is 55.2 Å².